The standard InChI is InChI=1S/C76H76N4/c1-2-6-10-26-46-62-66-50-30-34-54-78(66)74(70(62)58-39-19-14-20-40-58)76-72(60-43-23-16-24-44-60)64(68-52-32-36-56-80(68)76)48-28-12-8-4-3-7-11-27-47-63-67-51-31-35-55-79(67)75(71(63)59-41-21-15-22-42-59)73-69(57-37-17-13-18-38-57)61(45-25-9-5-1)65-49-29-33-53-77(65)73/h13-24,29-44,49-56H,1-12,25-28,45-48H2. The molecule has 80 heavy (non-hydrogen) atoms. The van der Waals surface area contributed by atoms with Crippen LogP contribution in [0.4, 0.5) is 0 Å². The molecule has 1 aliphatic carbocycles. The van der Waals surface area contributed by atoms with E-state index in [1.165, 1.54) is 214 Å². The van der Waals surface area contributed by atoms with Crippen LogP contribution in [0.3, 0.4) is 0 Å². The van der Waals surface area contributed by atoms with Crippen molar-refractivity contribution in [2.45, 2.75) is 128 Å². The lowest BCUT2D eigenvalue weighted by molar-refractivity contribution is 0.568. The van der Waals surface area contributed by atoms with Crippen molar-refractivity contribution in [2.75, 3.05) is 0 Å². The average Bonchev–Trinajstić information content (AvgIpc) is 4.35. The molecule has 0 aliphatic heterocycles. The van der Waals surface area contributed by atoms with E-state index in [1.807, 2.05) is 0 Å². The Labute approximate surface area is 474 Å². The van der Waals surface area contributed by atoms with Gasteiger partial charge in [0.1, 0.15) is 0 Å². The molecule has 12 aromatic rings. The number of hydrogen-bond acceptors (Lipinski definition) is 0. The highest BCUT2D eigenvalue weighted by molar-refractivity contribution is 6.00. The van der Waals surface area contributed by atoms with Gasteiger partial charge in [0.05, 0.1) is 22.8 Å². The van der Waals surface area contributed by atoms with E-state index in [4.69, 9.17) is 0 Å². The maximum atomic E-state index is 2.54. The van der Waals surface area contributed by atoms with Crippen molar-refractivity contribution in [2.24, 2.45) is 0 Å². The molecule has 0 spiro atoms. The summed E-state index contributed by atoms with van der Waals surface area (Å²) in [4.78, 5) is 0. The summed E-state index contributed by atoms with van der Waals surface area (Å²) in [6, 6.07) is 72.6. The summed E-state index contributed by atoms with van der Waals surface area (Å²) in [6.07, 6.45) is 33.4. The number of hydrogen-bond donors (Lipinski definition) is 0. The van der Waals surface area contributed by atoms with Crippen LogP contribution in [0.15, 0.2) is 219 Å². The molecule has 8 heterocycles. The normalized spacial score (nSPS) is 15.0. The fraction of sp³-hybridized carbons (Fsp3) is 0.263. The Morgan fingerprint density at radius 3 is 0.588 bits per heavy atom. The van der Waals surface area contributed by atoms with Gasteiger partial charge in [-0.25, -0.2) is 0 Å². The number of pyridine rings is 4. The molecule has 1 aliphatic rings. The van der Waals surface area contributed by atoms with Gasteiger partial charge in [0.15, 0.2) is 0 Å². The number of aryl methyl sites for hydroxylation is 4. The molecule has 4 heteroatoms. The zero-order chi connectivity index (χ0) is 53.5. The van der Waals surface area contributed by atoms with Crippen LogP contribution in [0.5, 0.6) is 0 Å². The summed E-state index contributed by atoms with van der Waals surface area (Å²) in [7, 11) is 0. The van der Waals surface area contributed by atoms with Gasteiger partial charge in [-0.3, -0.25) is 0 Å². The predicted molar refractivity (Wildman–Crippen MR) is 338 cm³/mol. The molecule has 0 saturated heterocycles. The molecular weight excluding hydrogens is 969 g/mol. The Morgan fingerprint density at radius 2 is 0.375 bits per heavy atom. The molecule has 0 saturated carbocycles. The minimum atomic E-state index is 1.05. The van der Waals surface area contributed by atoms with Crippen LogP contribution in [0.2, 0.25) is 0 Å². The van der Waals surface area contributed by atoms with E-state index < -0.39 is 0 Å². The van der Waals surface area contributed by atoms with Crippen molar-refractivity contribution in [1.29, 1.82) is 0 Å². The van der Waals surface area contributed by atoms with Crippen molar-refractivity contribution in [3.8, 4) is 67.3 Å². The molecule has 0 unspecified atom stereocenters. The molecule has 8 bridgehead atoms. The van der Waals surface area contributed by atoms with Crippen LogP contribution in [0.25, 0.3) is 89.4 Å². The van der Waals surface area contributed by atoms with Gasteiger partial charge in [0.2, 0.25) is 0 Å². The summed E-state index contributed by atoms with van der Waals surface area (Å²) in [5.74, 6) is 0. The molecule has 13 rings (SSSR count). The van der Waals surface area contributed by atoms with Crippen molar-refractivity contribution >= 4 is 22.1 Å². The van der Waals surface area contributed by atoms with Crippen LogP contribution in [0, 0.1) is 0 Å². The van der Waals surface area contributed by atoms with Crippen molar-refractivity contribution in [1.82, 2.24) is 17.6 Å². The third-order valence-electron chi connectivity index (χ3n) is 17.7. The molecule has 4 aromatic carbocycles. The Morgan fingerprint density at radius 1 is 0.188 bits per heavy atom. The highest BCUT2D eigenvalue weighted by Crippen LogP contribution is 2.49. The number of benzene rings is 4. The fourth-order valence-electron chi connectivity index (χ4n) is 14.0. The fourth-order valence-corrected chi connectivity index (χ4v) is 14.0. The minimum Gasteiger partial charge on any atom is -0.314 e. The van der Waals surface area contributed by atoms with Crippen LogP contribution >= 0.6 is 0 Å². The molecule has 0 radical (unpaired) electrons. The molecular formula is C76H76N4. The van der Waals surface area contributed by atoms with Gasteiger partial charge < -0.3 is 17.6 Å². The van der Waals surface area contributed by atoms with Gasteiger partial charge in [0, 0.05) is 69.1 Å². The first kappa shape index (κ1) is 51.4. The maximum Gasteiger partial charge on any atom is 0.0786 e. The lowest BCUT2D eigenvalue weighted by Crippen LogP contribution is -1.96. The van der Waals surface area contributed by atoms with Crippen LogP contribution in [0.1, 0.15) is 125 Å². The smallest absolute Gasteiger partial charge is 0.0786 e. The van der Waals surface area contributed by atoms with Gasteiger partial charge in [0.25, 0.3) is 0 Å². The predicted octanol–water partition coefficient (Wildman–Crippen LogP) is 20.8. The molecule has 0 fully saturated rings. The number of rotatable bonds is 4. The highest BCUT2D eigenvalue weighted by Gasteiger charge is 2.30. The van der Waals surface area contributed by atoms with E-state index in [0.29, 0.717) is 0 Å². The lowest BCUT2D eigenvalue weighted by atomic mass is 9.91. The first-order chi connectivity index (χ1) is 39.8. The van der Waals surface area contributed by atoms with Gasteiger partial charge in [-0.05, 0) is 144 Å². The second kappa shape index (κ2) is 24.1. The number of nitrogens with zero attached hydrogens (tertiary/aromatic N) is 4. The van der Waals surface area contributed by atoms with E-state index in [0.717, 1.165) is 25.7 Å². The SMILES string of the molecule is c1ccc(-c2c3c4ccccn4c2-c2c(-c4ccccc4)c(c4ccccn24)CCCCCCCCCCc2c(-c4ccccc4)c(n4ccccc24)-c2c(-c4ccccc4)c(c4ccccn24)CCCCCCCCCC3)cc1. The lowest BCUT2D eigenvalue weighted by Gasteiger charge is -2.13. The summed E-state index contributed by atoms with van der Waals surface area (Å²) < 4.78 is 10.1. The monoisotopic (exact) mass is 1040 g/mol. The summed E-state index contributed by atoms with van der Waals surface area (Å²) in [5.41, 5.74) is 27.2. The topological polar surface area (TPSA) is 17.6 Å². The first-order valence-corrected chi connectivity index (χ1v) is 30.5. The summed E-state index contributed by atoms with van der Waals surface area (Å²) >= 11 is 0. The van der Waals surface area contributed by atoms with Gasteiger partial charge in [-0.1, -0.05) is 223 Å². The van der Waals surface area contributed by atoms with Crippen molar-refractivity contribution < 1.29 is 0 Å². The van der Waals surface area contributed by atoms with Gasteiger partial charge in [-0.15, -0.1) is 0 Å². The Balaban J connectivity index is 0.847. The van der Waals surface area contributed by atoms with Gasteiger partial charge >= 0.3 is 0 Å². The molecule has 4 nitrogen and oxygen atoms in total. The minimum absolute atomic E-state index is 1.05. The maximum absolute atomic E-state index is 2.54. The van der Waals surface area contributed by atoms with Crippen LogP contribution < -0.4 is 0 Å². The molecule has 0 amide bonds. The third-order valence-corrected chi connectivity index (χ3v) is 17.7. The van der Waals surface area contributed by atoms with Crippen molar-refractivity contribution in [3.05, 3.63) is 241 Å². The highest BCUT2D eigenvalue weighted by atomic mass is 15.0. The Bertz CT molecular complexity index is 3470. The van der Waals surface area contributed by atoms with Crippen LogP contribution in [-0.4, -0.2) is 17.6 Å². The van der Waals surface area contributed by atoms with E-state index in [-0.39, 0.29) is 0 Å². The molecule has 0 N–H and O–H groups in total. The zero-order valence-electron chi connectivity index (χ0n) is 46.7. The van der Waals surface area contributed by atoms with Crippen LogP contribution in [-0.2, 0) is 25.7 Å². The first-order valence-electron chi connectivity index (χ1n) is 30.5. The quantitative estimate of drug-likeness (QED) is 0.167. The summed E-state index contributed by atoms with van der Waals surface area (Å²) in [6.45, 7) is 0. The zero-order valence-corrected chi connectivity index (χ0v) is 46.7. The van der Waals surface area contributed by atoms with E-state index in [9.17, 15) is 0 Å². The Kier molecular flexibility index (Phi) is 15.5. The summed E-state index contributed by atoms with van der Waals surface area (Å²) in [5, 5.41) is 0. The molecule has 8 aromatic heterocycles. The second-order valence-corrected chi connectivity index (χ2v) is 22.8. The Hall–Kier alpha value is -8.08. The average molecular weight is 1050 g/mol. The van der Waals surface area contributed by atoms with Gasteiger partial charge in [-0.2, -0.15) is 0 Å². The third kappa shape index (κ3) is 10.0. The molecule has 400 valence electrons. The second-order valence-electron chi connectivity index (χ2n) is 22.8. The van der Waals surface area contributed by atoms with E-state index in [2.05, 4.69) is 237 Å². The van der Waals surface area contributed by atoms with E-state index >= 15 is 0 Å². The number of aromatic nitrogens is 4. The van der Waals surface area contributed by atoms with Crippen molar-refractivity contribution in [3.63, 3.8) is 0 Å². The molecule has 0 atom stereocenters. The van der Waals surface area contributed by atoms with E-state index in [1.54, 1.807) is 0 Å². The largest absolute Gasteiger partial charge is 0.314 e. The number of fused-ring (bicyclic) bond motifs is 22.